The molecule has 4 rings (SSSR count). The van der Waals surface area contributed by atoms with E-state index < -0.39 is 4.92 Å². The van der Waals surface area contributed by atoms with Gasteiger partial charge in [0.25, 0.3) is 5.91 Å². The fourth-order valence-corrected chi connectivity index (χ4v) is 2.85. The number of nitrogens with one attached hydrogen (secondary N) is 2. The molecule has 2 aromatic carbocycles. The number of nitro groups is 1. The van der Waals surface area contributed by atoms with Gasteiger partial charge in [-0.15, -0.1) is 0 Å². The first-order chi connectivity index (χ1) is 14.1. The molecule has 0 radical (unpaired) electrons. The van der Waals surface area contributed by atoms with Crippen LogP contribution in [0.1, 0.15) is 10.4 Å². The van der Waals surface area contributed by atoms with Gasteiger partial charge in [-0.3, -0.25) is 19.9 Å². The van der Waals surface area contributed by atoms with Crippen LogP contribution in [-0.2, 0) is 0 Å². The van der Waals surface area contributed by atoms with E-state index in [1.807, 2.05) is 24.3 Å². The molecule has 0 saturated carbocycles. The summed E-state index contributed by atoms with van der Waals surface area (Å²) < 4.78 is 0. The molecule has 0 fully saturated rings. The molecule has 142 valence electrons. The average Bonchev–Trinajstić information content (AvgIpc) is 2.74. The van der Waals surface area contributed by atoms with Gasteiger partial charge in [0, 0.05) is 35.2 Å². The molecule has 1 amide bonds. The minimum atomic E-state index is -0.506. The molecule has 0 aliphatic heterocycles. The van der Waals surface area contributed by atoms with Gasteiger partial charge in [0.2, 0.25) is 5.82 Å². The maximum atomic E-state index is 12.6. The number of anilines is 3. The molecular formula is C21H15N5O3. The summed E-state index contributed by atoms with van der Waals surface area (Å²) in [6.07, 6.45) is 2.99. The first-order valence-electron chi connectivity index (χ1n) is 8.73. The number of carbonyl (C=O) groups excluding carboxylic acids is 1. The molecule has 8 nitrogen and oxygen atoms in total. The monoisotopic (exact) mass is 385 g/mol. The van der Waals surface area contributed by atoms with Crippen molar-refractivity contribution in [1.29, 1.82) is 0 Å². The van der Waals surface area contributed by atoms with Crippen molar-refractivity contribution in [3.63, 3.8) is 0 Å². The fraction of sp³-hybridized carbons (Fsp3) is 0. The largest absolute Gasteiger partial charge is 0.334 e. The van der Waals surface area contributed by atoms with Crippen LogP contribution in [0.2, 0.25) is 0 Å². The highest BCUT2D eigenvalue weighted by Crippen LogP contribution is 2.26. The molecule has 0 bridgehead atoms. The van der Waals surface area contributed by atoms with E-state index in [2.05, 4.69) is 20.6 Å². The Morgan fingerprint density at radius 1 is 0.931 bits per heavy atom. The van der Waals surface area contributed by atoms with Gasteiger partial charge in [-0.05, 0) is 36.4 Å². The number of pyridine rings is 2. The standard InChI is InChI=1S/C21H15N5O3/c27-21(15-11-14-5-1-2-8-18(14)23-13-15)25-17-7-3-6-16(12-17)24-20-19(26(28)29)9-4-10-22-20/h1-13H,(H,22,24)(H,25,27). The number of aromatic nitrogens is 2. The van der Waals surface area contributed by atoms with E-state index in [0.717, 1.165) is 10.9 Å². The van der Waals surface area contributed by atoms with Crippen molar-refractivity contribution in [3.05, 3.63) is 94.8 Å². The van der Waals surface area contributed by atoms with Crippen LogP contribution in [0.15, 0.2) is 79.1 Å². The molecule has 0 atom stereocenters. The van der Waals surface area contributed by atoms with Crippen LogP contribution in [0.4, 0.5) is 22.9 Å². The second kappa shape index (κ2) is 7.73. The molecule has 29 heavy (non-hydrogen) atoms. The van der Waals surface area contributed by atoms with Gasteiger partial charge < -0.3 is 10.6 Å². The van der Waals surface area contributed by atoms with Crippen molar-refractivity contribution >= 4 is 39.7 Å². The molecular weight excluding hydrogens is 370 g/mol. The van der Waals surface area contributed by atoms with E-state index in [1.165, 1.54) is 24.5 Å². The SMILES string of the molecule is O=C(Nc1cccc(Nc2ncccc2[N+](=O)[O-])c1)c1cnc2ccccc2c1. The number of fused-ring (bicyclic) bond motifs is 1. The first kappa shape index (κ1) is 18.1. The lowest BCUT2D eigenvalue weighted by Crippen LogP contribution is -2.12. The fourth-order valence-electron chi connectivity index (χ4n) is 2.85. The molecule has 4 aromatic rings. The lowest BCUT2D eigenvalue weighted by Gasteiger charge is -2.09. The van der Waals surface area contributed by atoms with Gasteiger partial charge in [-0.2, -0.15) is 0 Å². The summed E-state index contributed by atoms with van der Waals surface area (Å²) in [5.41, 5.74) is 2.20. The zero-order chi connectivity index (χ0) is 20.2. The molecule has 0 unspecified atom stereocenters. The Morgan fingerprint density at radius 2 is 1.76 bits per heavy atom. The van der Waals surface area contributed by atoms with Crippen molar-refractivity contribution in [3.8, 4) is 0 Å². The second-order valence-electron chi connectivity index (χ2n) is 6.20. The number of hydrogen-bond acceptors (Lipinski definition) is 6. The van der Waals surface area contributed by atoms with Gasteiger partial charge in [0.05, 0.1) is 16.0 Å². The third kappa shape index (κ3) is 4.01. The van der Waals surface area contributed by atoms with E-state index in [9.17, 15) is 14.9 Å². The van der Waals surface area contributed by atoms with Gasteiger partial charge in [-0.1, -0.05) is 24.3 Å². The second-order valence-corrected chi connectivity index (χ2v) is 6.20. The third-order valence-electron chi connectivity index (χ3n) is 4.22. The predicted molar refractivity (Wildman–Crippen MR) is 110 cm³/mol. The normalized spacial score (nSPS) is 10.5. The van der Waals surface area contributed by atoms with Crippen LogP contribution in [0.25, 0.3) is 10.9 Å². The minimum absolute atomic E-state index is 0.125. The van der Waals surface area contributed by atoms with E-state index in [1.54, 1.807) is 30.3 Å². The van der Waals surface area contributed by atoms with E-state index in [4.69, 9.17) is 0 Å². The van der Waals surface area contributed by atoms with Crippen molar-refractivity contribution in [2.75, 3.05) is 10.6 Å². The number of carbonyl (C=O) groups is 1. The van der Waals surface area contributed by atoms with Crippen molar-refractivity contribution in [2.24, 2.45) is 0 Å². The van der Waals surface area contributed by atoms with E-state index >= 15 is 0 Å². The molecule has 0 aliphatic carbocycles. The molecule has 8 heteroatoms. The Bertz CT molecular complexity index is 1230. The summed E-state index contributed by atoms with van der Waals surface area (Å²) in [6, 6.07) is 19.0. The minimum Gasteiger partial charge on any atom is -0.334 e. The summed E-state index contributed by atoms with van der Waals surface area (Å²) in [5, 5.41) is 17.7. The Labute approximate surface area is 165 Å². The summed E-state index contributed by atoms with van der Waals surface area (Å²) in [7, 11) is 0. The highest BCUT2D eigenvalue weighted by molar-refractivity contribution is 6.06. The van der Waals surface area contributed by atoms with Gasteiger partial charge in [-0.25, -0.2) is 4.98 Å². The van der Waals surface area contributed by atoms with Crippen molar-refractivity contribution in [1.82, 2.24) is 9.97 Å². The smallest absolute Gasteiger partial charge is 0.311 e. The molecule has 0 saturated heterocycles. The number of nitrogens with zero attached hydrogens (tertiary/aromatic N) is 3. The number of rotatable bonds is 5. The highest BCUT2D eigenvalue weighted by Gasteiger charge is 2.14. The lowest BCUT2D eigenvalue weighted by molar-refractivity contribution is -0.384. The number of para-hydroxylation sites is 1. The first-order valence-corrected chi connectivity index (χ1v) is 8.73. The predicted octanol–water partition coefficient (Wildman–Crippen LogP) is 4.53. The summed E-state index contributed by atoms with van der Waals surface area (Å²) in [6.45, 7) is 0. The molecule has 2 N–H and O–H groups in total. The zero-order valence-corrected chi connectivity index (χ0v) is 15.1. The lowest BCUT2D eigenvalue weighted by atomic mass is 10.1. The zero-order valence-electron chi connectivity index (χ0n) is 15.1. The molecule has 0 spiro atoms. The Morgan fingerprint density at radius 3 is 2.62 bits per heavy atom. The maximum Gasteiger partial charge on any atom is 0.311 e. The summed E-state index contributed by atoms with van der Waals surface area (Å²) >= 11 is 0. The van der Waals surface area contributed by atoms with Crippen LogP contribution < -0.4 is 10.6 Å². The van der Waals surface area contributed by atoms with Crippen LogP contribution in [-0.4, -0.2) is 20.8 Å². The van der Waals surface area contributed by atoms with Gasteiger partial charge in [0.15, 0.2) is 0 Å². The maximum absolute atomic E-state index is 12.6. The van der Waals surface area contributed by atoms with Gasteiger partial charge >= 0.3 is 5.69 Å². The van der Waals surface area contributed by atoms with Crippen molar-refractivity contribution in [2.45, 2.75) is 0 Å². The Hall–Kier alpha value is -4.33. The number of hydrogen-bond donors (Lipinski definition) is 2. The van der Waals surface area contributed by atoms with Crippen LogP contribution >= 0.6 is 0 Å². The van der Waals surface area contributed by atoms with Crippen molar-refractivity contribution < 1.29 is 9.72 Å². The van der Waals surface area contributed by atoms with Gasteiger partial charge in [0.1, 0.15) is 0 Å². The Balaban J connectivity index is 1.54. The number of benzene rings is 2. The van der Waals surface area contributed by atoms with E-state index in [-0.39, 0.29) is 17.4 Å². The van der Waals surface area contributed by atoms with Crippen LogP contribution in [0.5, 0.6) is 0 Å². The van der Waals surface area contributed by atoms with Crippen LogP contribution in [0, 0.1) is 10.1 Å². The quantitative estimate of drug-likeness (QED) is 0.386. The topological polar surface area (TPSA) is 110 Å². The van der Waals surface area contributed by atoms with E-state index in [0.29, 0.717) is 16.9 Å². The molecule has 2 heterocycles. The average molecular weight is 385 g/mol. The third-order valence-corrected chi connectivity index (χ3v) is 4.22. The summed E-state index contributed by atoms with van der Waals surface area (Å²) in [4.78, 5) is 31.5. The van der Waals surface area contributed by atoms with Crippen LogP contribution in [0.3, 0.4) is 0 Å². The highest BCUT2D eigenvalue weighted by atomic mass is 16.6. The molecule has 2 aromatic heterocycles. The summed E-state index contributed by atoms with van der Waals surface area (Å²) in [5.74, 6) is -0.177. The molecule has 0 aliphatic rings. The number of amides is 1. The Kier molecular flexibility index (Phi) is 4.81.